The van der Waals surface area contributed by atoms with Crippen LogP contribution in [-0.4, -0.2) is 80.6 Å². The van der Waals surface area contributed by atoms with Crippen LogP contribution < -0.4 is 16.3 Å². The van der Waals surface area contributed by atoms with Gasteiger partial charge in [0.25, 0.3) is 0 Å². The number of amides is 1. The fourth-order valence-electron chi connectivity index (χ4n) is 5.22. The van der Waals surface area contributed by atoms with Crippen molar-refractivity contribution in [1.82, 2.24) is 34.4 Å². The summed E-state index contributed by atoms with van der Waals surface area (Å²) >= 11 is 0. The van der Waals surface area contributed by atoms with Gasteiger partial charge in [-0.3, -0.25) is 9.78 Å². The molecule has 15 heteroatoms. The Hall–Kier alpha value is -4.79. The summed E-state index contributed by atoms with van der Waals surface area (Å²) in [6.45, 7) is 9.96. The zero-order valence-corrected chi connectivity index (χ0v) is 24.8. The van der Waals surface area contributed by atoms with Crippen LogP contribution in [0.3, 0.4) is 0 Å². The largest absolute Gasteiger partial charge is 0.383 e. The molecule has 1 fully saturated rings. The molecule has 5 heterocycles. The van der Waals surface area contributed by atoms with Gasteiger partial charge in [0.05, 0.1) is 16.6 Å². The molecule has 0 aliphatic carbocycles. The van der Waals surface area contributed by atoms with Crippen LogP contribution >= 0.6 is 0 Å². The minimum atomic E-state index is -3.90. The minimum absolute atomic E-state index is 0.0262. The summed E-state index contributed by atoms with van der Waals surface area (Å²) in [6, 6.07) is 0.871. The van der Waals surface area contributed by atoms with Crippen LogP contribution in [0.2, 0.25) is 0 Å². The second-order valence-corrected chi connectivity index (χ2v) is 12.6. The highest BCUT2D eigenvalue weighted by Crippen LogP contribution is 2.35. The molecule has 0 bridgehead atoms. The Morgan fingerprint density at radius 1 is 1.19 bits per heavy atom. The van der Waals surface area contributed by atoms with Crippen molar-refractivity contribution in [1.29, 1.82) is 0 Å². The normalized spacial score (nSPS) is 15.7. The summed E-state index contributed by atoms with van der Waals surface area (Å²) < 4.78 is 42.9. The molecule has 1 aliphatic rings. The molecule has 0 aromatic carbocycles. The molecule has 1 saturated heterocycles. The van der Waals surface area contributed by atoms with Crippen LogP contribution in [-0.2, 0) is 14.6 Å². The average molecular weight is 608 g/mol. The third-order valence-electron chi connectivity index (χ3n) is 7.34. The van der Waals surface area contributed by atoms with Crippen molar-refractivity contribution in [2.45, 2.75) is 37.6 Å². The Kier molecular flexibility index (Phi) is 7.69. The number of carbonyl (C=O) groups is 1. The first-order valence-corrected chi connectivity index (χ1v) is 15.3. The zero-order chi connectivity index (χ0) is 31.2. The Morgan fingerprint density at radius 2 is 1.93 bits per heavy atom. The van der Waals surface area contributed by atoms with Crippen molar-refractivity contribution in [2.75, 3.05) is 36.5 Å². The van der Waals surface area contributed by atoms with Crippen LogP contribution in [0.25, 0.3) is 28.0 Å². The van der Waals surface area contributed by atoms with E-state index >= 15 is 4.39 Å². The van der Waals surface area contributed by atoms with Gasteiger partial charge in [-0.1, -0.05) is 20.4 Å². The summed E-state index contributed by atoms with van der Waals surface area (Å²) in [5.41, 5.74) is 5.48. The van der Waals surface area contributed by atoms with Crippen molar-refractivity contribution in [2.24, 2.45) is 0 Å². The maximum absolute atomic E-state index is 15.9. The molecule has 5 rings (SSSR count). The molecule has 224 valence electrons. The van der Waals surface area contributed by atoms with Gasteiger partial charge in [-0.15, -0.1) is 0 Å². The number of hydrogen-bond donors (Lipinski definition) is 1. The topological polar surface area (TPSA) is 170 Å². The number of piperazine rings is 1. The summed E-state index contributed by atoms with van der Waals surface area (Å²) in [5, 5.41) is 0.151. The van der Waals surface area contributed by atoms with Gasteiger partial charge in [0.1, 0.15) is 28.6 Å². The number of carbonyl (C=O) groups excluding carboxylic acids is 1. The fraction of sp³-hybridized carbons (Fsp3) is 0.321. The lowest BCUT2D eigenvalue weighted by Crippen LogP contribution is -2.54. The van der Waals surface area contributed by atoms with E-state index in [1.165, 1.54) is 30.9 Å². The molecule has 1 atom stereocenters. The van der Waals surface area contributed by atoms with Crippen LogP contribution in [0.1, 0.15) is 32.3 Å². The van der Waals surface area contributed by atoms with Crippen molar-refractivity contribution in [3.05, 3.63) is 65.5 Å². The third kappa shape index (κ3) is 5.31. The maximum atomic E-state index is 15.9. The van der Waals surface area contributed by atoms with E-state index in [9.17, 15) is 18.0 Å². The summed E-state index contributed by atoms with van der Waals surface area (Å²) in [5.74, 6) is -1.17. The first-order chi connectivity index (χ1) is 20.3. The molecule has 0 radical (unpaired) electrons. The van der Waals surface area contributed by atoms with Crippen molar-refractivity contribution < 1.29 is 17.6 Å². The monoisotopic (exact) mass is 607 g/mol. The van der Waals surface area contributed by atoms with Gasteiger partial charge in [0, 0.05) is 50.5 Å². The molecule has 1 amide bonds. The molecule has 0 spiro atoms. The molecular weight excluding hydrogens is 577 g/mol. The van der Waals surface area contributed by atoms with Gasteiger partial charge in [-0.2, -0.15) is 4.98 Å². The van der Waals surface area contributed by atoms with Gasteiger partial charge in [0.15, 0.2) is 21.3 Å². The lowest BCUT2D eigenvalue weighted by molar-refractivity contribution is -0.126. The Morgan fingerprint density at radius 3 is 2.56 bits per heavy atom. The number of rotatable bonds is 6. The Bertz CT molecular complexity index is 1940. The van der Waals surface area contributed by atoms with E-state index in [0.717, 1.165) is 17.0 Å². The fourth-order valence-corrected chi connectivity index (χ4v) is 6.03. The molecule has 1 aliphatic heterocycles. The number of anilines is 2. The summed E-state index contributed by atoms with van der Waals surface area (Å²) in [4.78, 5) is 50.4. The molecule has 2 N–H and O–H groups in total. The molecule has 43 heavy (non-hydrogen) atoms. The van der Waals surface area contributed by atoms with Crippen LogP contribution in [0, 0.1) is 5.82 Å². The lowest BCUT2D eigenvalue weighted by atomic mass is 10.0. The Labute approximate surface area is 246 Å². The van der Waals surface area contributed by atoms with Crippen LogP contribution in [0.4, 0.5) is 16.0 Å². The number of nitrogens with zero attached hydrogens (tertiary/aromatic N) is 8. The standard InChI is InChI=1S/C28H30FN9O4S/c1-6-22(39)36-7-8-37(16(4)13-36)26-17-9-20(29)23(19-11-32-14-33-25(19)30)34-27(17)38(28(40)35-26)24-18(15(2)3)10-31-12-21(24)43(5,41)42/h6,9-12,14-16H,1,7-8,13H2,2-5H3,(H2,30,32,33)/t16-/m0/s1. The van der Waals surface area contributed by atoms with E-state index in [4.69, 9.17) is 5.73 Å². The molecule has 4 aromatic rings. The number of aromatic nitrogens is 6. The zero-order valence-electron chi connectivity index (χ0n) is 24.0. The van der Waals surface area contributed by atoms with Gasteiger partial charge in [0.2, 0.25) is 5.91 Å². The van der Waals surface area contributed by atoms with Crippen molar-refractivity contribution in [3.8, 4) is 16.9 Å². The van der Waals surface area contributed by atoms with E-state index < -0.39 is 21.3 Å². The third-order valence-corrected chi connectivity index (χ3v) is 8.44. The van der Waals surface area contributed by atoms with E-state index in [1.807, 2.05) is 20.8 Å². The lowest BCUT2D eigenvalue weighted by Gasteiger charge is -2.40. The number of nitrogen functional groups attached to an aromatic ring is 1. The van der Waals surface area contributed by atoms with E-state index in [-0.39, 0.29) is 68.9 Å². The molecule has 0 unspecified atom stereocenters. The number of nitrogens with two attached hydrogens (primary N) is 1. The van der Waals surface area contributed by atoms with E-state index in [1.54, 1.807) is 9.80 Å². The van der Waals surface area contributed by atoms with E-state index in [0.29, 0.717) is 18.7 Å². The van der Waals surface area contributed by atoms with Gasteiger partial charge < -0.3 is 15.5 Å². The molecular formula is C28H30FN9O4S. The molecule has 4 aromatic heterocycles. The van der Waals surface area contributed by atoms with Crippen molar-refractivity contribution >= 4 is 38.4 Å². The predicted octanol–water partition coefficient (Wildman–Crippen LogP) is 2.10. The number of pyridine rings is 2. The second kappa shape index (κ2) is 11.1. The quantitative estimate of drug-likeness (QED) is 0.318. The van der Waals surface area contributed by atoms with Crippen LogP contribution in [0.5, 0.6) is 0 Å². The number of fused-ring (bicyclic) bond motifs is 1. The minimum Gasteiger partial charge on any atom is -0.383 e. The van der Waals surface area contributed by atoms with Gasteiger partial charge in [-0.25, -0.2) is 37.1 Å². The predicted molar refractivity (Wildman–Crippen MR) is 159 cm³/mol. The number of hydrogen-bond acceptors (Lipinski definition) is 11. The summed E-state index contributed by atoms with van der Waals surface area (Å²) in [7, 11) is -3.90. The number of halogens is 1. The maximum Gasteiger partial charge on any atom is 0.355 e. The highest BCUT2D eigenvalue weighted by molar-refractivity contribution is 7.90. The van der Waals surface area contributed by atoms with Gasteiger partial charge >= 0.3 is 5.69 Å². The molecule has 13 nitrogen and oxygen atoms in total. The second-order valence-electron chi connectivity index (χ2n) is 10.6. The molecule has 0 saturated carbocycles. The van der Waals surface area contributed by atoms with Crippen molar-refractivity contribution in [3.63, 3.8) is 0 Å². The smallest absolute Gasteiger partial charge is 0.355 e. The first-order valence-electron chi connectivity index (χ1n) is 13.4. The average Bonchev–Trinajstić information content (AvgIpc) is 2.96. The SMILES string of the molecule is C=CC(=O)N1CCN(c2nc(=O)n(-c3c(C(C)C)cncc3S(C)(=O)=O)c3nc(-c4cncnc4N)c(F)cc23)[C@@H](C)C1. The highest BCUT2D eigenvalue weighted by atomic mass is 32.2. The number of sulfone groups is 1. The first kappa shape index (κ1) is 29.7. The summed E-state index contributed by atoms with van der Waals surface area (Å²) in [6.07, 6.45) is 7.39. The van der Waals surface area contributed by atoms with E-state index in [2.05, 4.69) is 31.5 Å². The highest BCUT2D eigenvalue weighted by Gasteiger charge is 2.31. The van der Waals surface area contributed by atoms with Gasteiger partial charge in [-0.05, 0) is 30.5 Å². The Balaban J connectivity index is 1.88. The van der Waals surface area contributed by atoms with Crippen LogP contribution in [0.15, 0.2) is 53.3 Å².